The number of pyridine rings is 1. The first-order chi connectivity index (χ1) is 15.2. The molecular weight excluding hydrogens is 412 g/mol. The highest BCUT2D eigenvalue weighted by molar-refractivity contribution is 5.97. The van der Waals surface area contributed by atoms with E-state index < -0.39 is 18.2 Å². The van der Waals surface area contributed by atoms with Crippen LogP contribution in [0, 0.1) is 17.8 Å². The topological polar surface area (TPSA) is 115 Å². The lowest BCUT2D eigenvalue weighted by atomic mass is 10.00. The normalized spacial score (nSPS) is 20.0. The summed E-state index contributed by atoms with van der Waals surface area (Å²) in [6.45, 7) is 8.30. The lowest BCUT2D eigenvalue weighted by Gasteiger charge is -2.37. The van der Waals surface area contributed by atoms with E-state index in [1.165, 1.54) is 6.20 Å². The molecule has 0 bridgehead atoms. The van der Waals surface area contributed by atoms with Gasteiger partial charge in [-0.3, -0.25) is 4.79 Å². The van der Waals surface area contributed by atoms with Gasteiger partial charge in [0, 0.05) is 37.8 Å². The van der Waals surface area contributed by atoms with E-state index in [4.69, 9.17) is 4.74 Å². The third kappa shape index (κ3) is 6.58. The Morgan fingerprint density at radius 3 is 2.81 bits per heavy atom. The summed E-state index contributed by atoms with van der Waals surface area (Å²) in [6, 6.07) is 0.981. The third-order valence-electron chi connectivity index (χ3n) is 5.27. The Hall–Kier alpha value is -2.83. The van der Waals surface area contributed by atoms with Crippen molar-refractivity contribution < 1.29 is 24.5 Å². The number of fused-ring (bicyclic) bond motifs is 1. The van der Waals surface area contributed by atoms with E-state index in [0.717, 1.165) is 6.42 Å². The molecule has 1 aliphatic heterocycles. The monoisotopic (exact) mass is 446 g/mol. The Kier molecular flexibility index (Phi) is 9.29. The number of aliphatic hydroxyl groups is 2. The molecule has 0 saturated carbocycles. The summed E-state index contributed by atoms with van der Waals surface area (Å²) in [5.74, 6) is 5.15. The first-order valence-electron chi connectivity index (χ1n) is 10.9. The average Bonchev–Trinajstić information content (AvgIpc) is 2.77. The van der Waals surface area contributed by atoms with Gasteiger partial charge in [-0.2, -0.15) is 0 Å². The van der Waals surface area contributed by atoms with E-state index in [9.17, 15) is 19.8 Å². The number of nitrogens with zero attached hydrogens (tertiary/aromatic N) is 3. The lowest BCUT2D eigenvalue weighted by molar-refractivity contribution is 0.0352. The number of likely N-dealkylation sites (N-methyl/N-ethyl adjacent to an activating group) is 1. The third-order valence-corrected chi connectivity index (χ3v) is 5.27. The van der Waals surface area contributed by atoms with Crippen molar-refractivity contribution in [3.63, 3.8) is 0 Å². The number of urea groups is 1. The number of hydrogen-bond donors (Lipinski definition) is 3. The molecule has 32 heavy (non-hydrogen) atoms. The van der Waals surface area contributed by atoms with E-state index in [1.807, 2.05) is 13.8 Å². The summed E-state index contributed by atoms with van der Waals surface area (Å²) >= 11 is 0. The zero-order valence-electron chi connectivity index (χ0n) is 19.5. The van der Waals surface area contributed by atoms with Gasteiger partial charge in [0.25, 0.3) is 5.91 Å². The molecule has 0 radical (unpaired) electrons. The van der Waals surface area contributed by atoms with Gasteiger partial charge < -0.3 is 30.1 Å². The molecule has 0 spiro atoms. The van der Waals surface area contributed by atoms with Crippen LogP contribution in [-0.2, 0) is 0 Å². The highest BCUT2D eigenvalue weighted by Crippen LogP contribution is 2.27. The van der Waals surface area contributed by atoms with Crippen molar-refractivity contribution in [3.05, 3.63) is 23.4 Å². The van der Waals surface area contributed by atoms with Crippen molar-refractivity contribution in [3.8, 4) is 17.7 Å². The average molecular weight is 447 g/mol. The predicted octanol–water partition coefficient (Wildman–Crippen LogP) is 1.09. The minimum absolute atomic E-state index is 0.126. The zero-order valence-corrected chi connectivity index (χ0v) is 19.5. The maximum absolute atomic E-state index is 13.3. The first-order valence-corrected chi connectivity index (χ1v) is 10.9. The fraction of sp³-hybridized carbons (Fsp3) is 0.609. The number of aromatic nitrogens is 1. The second-order valence-corrected chi connectivity index (χ2v) is 8.26. The van der Waals surface area contributed by atoms with Gasteiger partial charge in [0.2, 0.25) is 5.88 Å². The summed E-state index contributed by atoms with van der Waals surface area (Å²) in [5.41, 5.74) is 0.706. The minimum Gasteiger partial charge on any atom is -0.472 e. The van der Waals surface area contributed by atoms with Gasteiger partial charge >= 0.3 is 6.03 Å². The molecule has 1 aromatic rings. The van der Waals surface area contributed by atoms with Crippen LogP contribution in [0.5, 0.6) is 5.88 Å². The quantitative estimate of drug-likeness (QED) is 0.564. The maximum atomic E-state index is 13.3. The van der Waals surface area contributed by atoms with Gasteiger partial charge in [0.15, 0.2) is 0 Å². The predicted molar refractivity (Wildman–Crippen MR) is 120 cm³/mol. The molecule has 0 aromatic carbocycles. The van der Waals surface area contributed by atoms with Gasteiger partial charge in [-0.15, -0.1) is 0 Å². The fourth-order valence-corrected chi connectivity index (χ4v) is 3.30. The first kappa shape index (κ1) is 25.4. The summed E-state index contributed by atoms with van der Waals surface area (Å²) in [6.07, 6.45) is 1.09. The Balaban J connectivity index is 2.40. The smallest absolute Gasteiger partial charge is 0.317 e. The van der Waals surface area contributed by atoms with Crippen molar-refractivity contribution in [1.29, 1.82) is 0 Å². The van der Waals surface area contributed by atoms with Crippen molar-refractivity contribution >= 4 is 11.9 Å². The number of amides is 3. The molecule has 0 aliphatic carbocycles. The molecule has 2 heterocycles. The highest BCUT2D eigenvalue weighted by Gasteiger charge is 2.34. The van der Waals surface area contributed by atoms with Gasteiger partial charge in [-0.25, -0.2) is 9.78 Å². The molecule has 3 N–H and O–H groups in total. The van der Waals surface area contributed by atoms with Crippen LogP contribution < -0.4 is 10.1 Å². The Morgan fingerprint density at radius 2 is 2.19 bits per heavy atom. The van der Waals surface area contributed by atoms with Gasteiger partial charge in [0.1, 0.15) is 17.8 Å². The van der Waals surface area contributed by atoms with Gasteiger partial charge in [0.05, 0.1) is 19.2 Å². The van der Waals surface area contributed by atoms with E-state index in [0.29, 0.717) is 25.2 Å². The molecule has 0 unspecified atom stereocenters. The molecular formula is C23H34N4O5. The van der Waals surface area contributed by atoms with Crippen LogP contribution in [-0.4, -0.2) is 88.5 Å². The standard InChI is InChI=1S/C23H34N4O5/c1-6-9-24-23(31)26(5)13-20-15(2)12-27(16(3)14-28)22(30)19-10-18(8-7-17(4)29)11-25-21(19)32-20/h10-11,15-17,20,28-29H,6,9,12-14H2,1-5H3,(H,24,31)/t15-,16+,17-,20-/m1/s1. The molecule has 176 valence electrons. The molecule has 9 nitrogen and oxygen atoms in total. The number of nitrogens with one attached hydrogen (secondary N) is 1. The van der Waals surface area contributed by atoms with Crippen molar-refractivity contribution in [2.75, 3.05) is 33.3 Å². The second-order valence-electron chi connectivity index (χ2n) is 8.26. The van der Waals surface area contributed by atoms with Crippen molar-refractivity contribution in [1.82, 2.24) is 20.1 Å². The Morgan fingerprint density at radius 1 is 1.47 bits per heavy atom. The van der Waals surface area contributed by atoms with Crippen LogP contribution in [0.4, 0.5) is 4.79 Å². The molecule has 0 saturated heterocycles. The molecule has 2 rings (SSSR count). The molecule has 1 aliphatic rings. The Labute approximate surface area is 189 Å². The van der Waals surface area contributed by atoms with Crippen molar-refractivity contribution in [2.45, 2.75) is 52.4 Å². The highest BCUT2D eigenvalue weighted by atomic mass is 16.5. The molecule has 4 atom stereocenters. The van der Waals surface area contributed by atoms with E-state index in [-0.39, 0.29) is 35.9 Å². The summed E-state index contributed by atoms with van der Waals surface area (Å²) in [4.78, 5) is 33.1. The number of ether oxygens (including phenoxy) is 1. The van der Waals surface area contributed by atoms with E-state index in [1.54, 1.807) is 36.8 Å². The summed E-state index contributed by atoms with van der Waals surface area (Å²) in [7, 11) is 1.70. The van der Waals surface area contributed by atoms with Crippen molar-refractivity contribution in [2.24, 2.45) is 5.92 Å². The van der Waals surface area contributed by atoms with Crippen LogP contribution in [0.3, 0.4) is 0 Å². The number of carbonyl (C=O) groups is 2. The molecule has 3 amide bonds. The van der Waals surface area contributed by atoms with Crippen LogP contribution >= 0.6 is 0 Å². The van der Waals surface area contributed by atoms with Gasteiger partial charge in [-0.05, 0) is 26.3 Å². The summed E-state index contributed by atoms with van der Waals surface area (Å²) in [5, 5.41) is 22.0. The number of aliphatic hydroxyl groups excluding tert-OH is 2. The molecule has 0 fully saturated rings. The largest absolute Gasteiger partial charge is 0.472 e. The molecule has 9 heteroatoms. The minimum atomic E-state index is -0.811. The maximum Gasteiger partial charge on any atom is 0.317 e. The zero-order chi connectivity index (χ0) is 23.8. The number of carbonyl (C=O) groups excluding carboxylic acids is 2. The Bertz CT molecular complexity index is 864. The SMILES string of the molecule is CCCNC(=O)N(C)C[C@H]1Oc2ncc(C#C[C@@H](C)O)cc2C(=O)N([C@@H](C)CO)C[C@H]1C. The lowest BCUT2D eigenvalue weighted by Crippen LogP contribution is -2.51. The van der Waals surface area contributed by atoms with Crippen LogP contribution in [0.25, 0.3) is 0 Å². The summed E-state index contributed by atoms with van der Waals surface area (Å²) < 4.78 is 6.15. The van der Waals surface area contributed by atoms with Crippen LogP contribution in [0.1, 0.15) is 50.0 Å². The van der Waals surface area contributed by atoms with E-state index in [2.05, 4.69) is 22.1 Å². The fourth-order valence-electron chi connectivity index (χ4n) is 3.30. The molecule has 1 aromatic heterocycles. The number of hydrogen-bond acceptors (Lipinski definition) is 6. The second kappa shape index (κ2) is 11.7. The van der Waals surface area contributed by atoms with Crippen LogP contribution in [0.15, 0.2) is 12.3 Å². The van der Waals surface area contributed by atoms with Gasteiger partial charge in [-0.1, -0.05) is 25.7 Å². The number of rotatable bonds is 6. The van der Waals surface area contributed by atoms with E-state index >= 15 is 0 Å². The van der Waals surface area contributed by atoms with Crippen LogP contribution in [0.2, 0.25) is 0 Å².